The van der Waals surface area contributed by atoms with Crippen LogP contribution in [0.4, 0.5) is 0 Å². The minimum absolute atomic E-state index is 0.0692. The first-order chi connectivity index (χ1) is 8.68. The monoisotopic (exact) mass is 248 g/mol. The second-order valence-corrected chi connectivity index (χ2v) is 4.60. The van der Waals surface area contributed by atoms with E-state index in [2.05, 4.69) is 5.32 Å². The average molecular weight is 248 g/mol. The van der Waals surface area contributed by atoms with Crippen molar-refractivity contribution in [1.82, 2.24) is 10.2 Å². The number of nitrogens with zero attached hydrogens (tertiary/aromatic N) is 1. The Morgan fingerprint density at radius 2 is 2.00 bits per heavy atom. The summed E-state index contributed by atoms with van der Waals surface area (Å²) in [4.78, 5) is 14.0. The van der Waals surface area contributed by atoms with Gasteiger partial charge in [-0.3, -0.25) is 4.79 Å². The van der Waals surface area contributed by atoms with E-state index in [1.165, 1.54) is 0 Å². The van der Waals surface area contributed by atoms with E-state index >= 15 is 0 Å². The van der Waals surface area contributed by atoms with E-state index in [0.29, 0.717) is 0 Å². The zero-order valence-corrected chi connectivity index (χ0v) is 11.0. The molecule has 4 nitrogen and oxygen atoms in total. The van der Waals surface area contributed by atoms with E-state index in [-0.39, 0.29) is 5.91 Å². The molecule has 0 radical (unpaired) electrons. The summed E-state index contributed by atoms with van der Waals surface area (Å²) in [6.45, 7) is 7.06. The first-order valence-electron chi connectivity index (χ1n) is 6.40. The van der Waals surface area contributed by atoms with Crippen LogP contribution in [0.2, 0.25) is 0 Å². The van der Waals surface area contributed by atoms with Gasteiger partial charge in [0.05, 0.1) is 0 Å². The molecule has 1 aromatic carbocycles. The number of hydrogen-bond acceptors (Lipinski definition) is 3. The Bertz CT molecular complexity index is 414. The lowest BCUT2D eigenvalue weighted by atomic mass is 10.2. The summed E-state index contributed by atoms with van der Waals surface area (Å²) < 4.78 is 5.75. The summed E-state index contributed by atoms with van der Waals surface area (Å²) in [7, 11) is 0. The molecule has 0 spiro atoms. The Morgan fingerprint density at radius 3 is 2.67 bits per heavy atom. The molecule has 0 saturated carbocycles. The van der Waals surface area contributed by atoms with Gasteiger partial charge in [-0.05, 0) is 25.5 Å². The first-order valence-corrected chi connectivity index (χ1v) is 6.40. The van der Waals surface area contributed by atoms with E-state index in [9.17, 15) is 4.79 Å². The molecule has 0 unspecified atom stereocenters. The van der Waals surface area contributed by atoms with Crippen molar-refractivity contribution in [3.63, 3.8) is 0 Å². The van der Waals surface area contributed by atoms with Crippen LogP contribution in [0, 0.1) is 6.92 Å². The number of carbonyl (C=O) groups excluding carboxylic acids is 1. The van der Waals surface area contributed by atoms with Crippen molar-refractivity contribution in [1.29, 1.82) is 0 Å². The summed E-state index contributed by atoms with van der Waals surface area (Å²) in [5.74, 6) is 0.855. The highest BCUT2D eigenvalue weighted by atomic mass is 16.5. The Morgan fingerprint density at radius 1 is 1.33 bits per heavy atom. The lowest BCUT2D eigenvalue weighted by Gasteiger charge is -2.30. The number of rotatable bonds is 3. The third-order valence-corrected chi connectivity index (χ3v) is 3.17. The van der Waals surface area contributed by atoms with Gasteiger partial charge in [-0.2, -0.15) is 0 Å². The van der Waals surface area contributed by atoms with Crippen LogP contribution in [-0.2, 0) is 4.79 Å². The molecule has 0 bridgehead atoms. The van der Waals surface area contributed by atoms with Gasteiger partial charge in [-0.1, -0.05) is 18.2 Å². The van der Waals surface area contributed by atoms with Crippen LogP contribution in [0.3, 0.4) is 0 Å². The predicted molar refractivity (Wildman–Crippen MR) is 70.7 cm³/mol. The summed E-state index contributed by atoms with van der Waals surface area (Å²) in [6, 6.07) is 7.77. The highest BCUT2D eigenvalue weighted by Crippen LogP contribution is 2.18. The maximum atomic E-state index is 12.2. The average Bonchev–Trinajstić information content (AvgIpc) is 2.41. The molecule has 98 valence electrons. The van der Waals surface area contributed by atoms with Crippen LogP contribution in [-0.4, -0.2) is 43.1 Å². The van der Waals surface area contributed by atoms with Crippen molar-refractivity contribution >= 4 is 5.91 Å². The minimum atomic E-state index is -0.427. The Hall–Kier alpha value is -1.55. The van der Waals surface area contributed by atoms with Gasteiger partial charge in [0.2, 0.25) is 0 Å². The molecule has 1 aliphatic rings. The number of para-hydroxylation sites is 1. The largest absolute Gasteiger partial charge is 0.481 e. The quantitative estimate of drug-likeness (QED) is 0.873. The fourth-order valence-corrected chi connectivity index (χ4v) is 2.07. The number of benzene rings is 1. The molecule has 1 fully saturated rings. The van der Waals surface area contributed by atoms with Crippen molar-refractivity contribution < 1.29 is 9.53 Å². The number of amides is 1. The lowest BCUT2D eigenvalue weighted by Crippen LogP contribution is -2.50. The van der Waals surface area contributed by atoms with Gasteiger partial charge in [0.25, 0.3) is 5.91 Å². The summed E-state index contributed by atoms with van der Waals surface area (Å²) in [6.07, 6.45) is -0.427. The van der Waals surface area contributed by atoms with E-state index in [1.54, 1.807) is 0 Å². The van der Waals surface area contributed by atoms with Gasteiger partial charge >= 0.3 is 0 Å². The fraction of sp³-hybridized carbons (Fsp3) is 0.500. The fourth-order valence-electron chi connectivity index (χ4n) is 2.07. The molecule has 1 atom stereocenters. The highest BCUT2D eigenvalue weighted by Gasteiger charge is 2.23. The smallest absolute Gasteiger partial charge is 0.263 e. The minimum Gasteiger partial charge on any atom is -0.481 e. The molecule has 1 heterocycles. The Balaban J connectivity index is 1.96. The van der Waals surface area contributed by atoms with Crippen LogP contribution in [0.1, 0.15) is 12.5 Å². The molecule has 0 aliphatic carbocycles. The van der Waals surface area contributed by atoms with Crippen LogP contribution in [0.5, 0.6) is 5.75 Å². The van der Waals surface area contributed by atoms with E-state index in [1.807, 2.05) is 43.0 Å². The Labute approximate surface area is 108 Å². The molecule has 18 heavy (non-hydrogen) atoms. The van der Waals surface area contributed by atoms with E-state index in [4.69, 9.17) is 4.74 Å². The maximum absolute atomic E-state index is 12.2. The van der Waals surface area contributed by atoms with Gasteiger partial charge in [-0.15, -0.1) is 0 Å². The third kappa shape index (κ3) is 3.01. The van der Waals surface area contributed by atoms with Crippen molar-refractivity contribution in [2.45, 2.75) is 20.0 Å². The molecule has 1 amide bonds. The van der Waals surface area contributed by atoms with Gasteiger partial charge in [-0.25, -0.2) is 0 Å². The zero-order chi connectivity index (χ0) is 13.0. The van der Waals surface area contributed by atoms with Gasteiger partial charge in [0.15, 0.2) is 6.10 Å². The topological polar surface area (TPSA) is 41.6 Å². The van der Waals surface area contributed by atoms with Crippen molar-refractivity contribution in [2.24, 2.45) is 0 Å². The third-order valence-electron chi connectivity index (χ3n) is 3.17. The van der Waals surface area contributed by atoms with E-state index < -0.39 is 6.10 Å². The van der Waals surface area contributed by atoms with Crippen LogP contribution >= 0.6 is 0 Å². The summed E-state index contributed by atoms with van der Waals surface area (Å²) in [5.41, 5.74) is 1.05. The number of piperazine rings is 1. The second kappa shape index (κ2) is 5.87. The van der Waals surface area contributed by atoms with Crippen molar-refractivity contribution in [3.05, 3.63) is 29.8 Å². The number of aryl methyl sites for hydroxylation is 1. The summed E-state index contributed by atoms with van der Waals surface area (Å²) in [5, 5.41) is 3.23. The molecular formula is C14H20N2O2. The van der Waals surface area contributed by atoms with Gasteiger partial charge in [0.1, 0.15) is 5.75 Å². The number of ether oxygens (including phenoxy) is 1. The molecule has 1 aromatic rings. The molecule has 1 saturated heterocycles. The maximum Gasteiger partial charge on any atom is 0.263 e. The van der Waals surface area contributed by atoms with E-state index in [0.717, 1.165) is 37.5 Å². The SMILES string of the molecule is Cc1ccccc1O[C@H](C)C(=O)N1CCNCC1. The van der Waals surface area contributed by atoms with Crippen LogP contribution in [0.15, 0.2) is 24.3 Å². The number of nitrogens with one attached hydrogen (secondary N) is 1. The lowest BCUT2D eigenvalue weighted by molar-refractivity contribution is -0.138. The molecule has 0 aromatic heterocycles. The molecular weight excluding hydrogens is 228 g/mol. The second-order valence-electron chi connectivity index (χ2n) is 4.60. The molecule has 1 aliphatic heterocycles. The molecule has 2 rings (SSSR count). The number of hydrogen-bond donors (Lipinski definition) is 1. The Kier molecular flexibility index (Phi) is 4.20. The molecule has 4 heteroatoms. The standard InChI is InChI=1S/C14H20N2O2/c1-11-5-3-4-6-13(11)18-12(2)14(17)16-9-7-15-8-10-16/h3-6,12,15H,7-10H2,1-2H3/t12-/m1/s1. The summed E-state index contributed by atoms with van der Waals surface area (Å²) >= 11 is 0. The van der Waals surface area contributed by atoms with Gasteiger partial charge < -0.3 is 15.0 Å². The zero-order valence-electron chi connectivity index (χ0n) is 11.0. The highest BCUT2D eigenvalue weighted by molar-refractivity contribution is 5.81. The van der Waals surface area contributed by atoms with Crippen molar-refractivity contribution in [2.75, 3.05) is 26.2 Å². The number of carbonyl (C=O) groups is 1. The van der Waals surface area contributed by atoms with Crippen LogP contribution in [0.25, 0.3) is 0 Å². The van der Waals surface area contributed by atoms with Gasteiger partial charge in [0, 0.05) is 26.2 Å². The molecule has 1 N–H and O–H groups in total. The van der Waals surface area contributed by atoms with Crippen molar-refractivity contribution in [3.8, 4) is 5.75 Å². The predicted octanol–water partition coefficient (Wildman–Crippen LogP) is 1.19. The first kappa shape index (κ1) is 12.9. The normalized spacial score (nSPS) is 17.3. The van der Waals surface area contributed by atoms with Crippen LogP contribution < -0.4 is 10.1 Å².